The predicted octanol–water partition coefficient (Wildman–Crippen LogP) is 2.21. The number of Topliss-reactive ketones (excluding diaryl/α,β-unsaturated/α-hetero) is 1. The van der Waals surface area contributed by atoms with Crippen molar-refractivity contribution in [1.29, 1.82) is 0 Å². The molecule has 0 aromatic heterocycles. The number of ketones is 1. The van der Waals surface area contributed by atoms with Crippen molar-refractivity contribution in [3.63, 3.8) is 0 Å². The fourth-order valence-electron chi connectivity index (χ4n) is 2.93. The SMILES string of the molecule is O=C(OC1CC2CCC1C2=O)c1ccccc1. The number of fused-ring (bicyclic) bond motifs is 2. The highest BCUT2D eigenvalue weighted by Crippen LogP contribution is 2.43. The van der Waals surface area contributed by atoms with E-state index < -0.39 is 0 Å². The number of hydrogen-bond acceptors (Lipinski definition) is 3. The Balaban J connectivity index is 1.69. The molecular weight excluding hydrogens is 216 g/mol. The van der Waals surface area contributed by atoms with E-state index in [1.54, 1.807) is 12.1 Å². The molecule has 2 fully saturated rings. The van der Waals surface area contributed by atoms with Crippen LogP contribution in [0.1, 0.15) is 29.6 Å². The van der Waals surface area contributed by atoms with Crippen LogP contribution >= 0.6 is 0 Å². The molecule has 0 N–H and O–H groups in total. The van der Waals surface area contributed by atoms with Crippen molar-refractivity contribution >= 4 is 11.8 Å². The number of hydrogen-bond donors (Lipinski definition) is 0. The lowest BCUT2D eigenvalue weighted by atomic mass is 9.98. The van der Waals surface area contributed by atoms with Gasteiger partial charge in [0.2, 0.25) is 0 Å². The summed E-state index contributed by atoms with van der Waals surface area (Å²) in [5, 5.41) is 0. The molecule has 2 aliphatic carbocycles. The van der Waals surface area contributed by atoms with Crippen LogP contribution in [0.4, 0.5) is 0 Å². The first-order valence-corrected chi connectivity index (χ1v) is 6.05. The lowest BCUT2D eigenvalue weighted by Crippen LogP contribution is -2.25. The normalized spacial score (nSPS) is 30.6. The molecule has 2 aliphatic rings. The summed E-state index contributed by atoms with van der Waals surface area (Å²) >= 11 is 0. The van der Waals surface area contributed by atoms with E-state index in [1.165, 1.54) is 0 Å². The second kappa shape index (κ2) is 3.99. The average molecular weight is 230 g/mol. The van der Waals surface area contributed by atoms with Crippen LogP contribution in [0.3, 0.4) is 0 Å². The van der Waals surface area contributed by atoms with Crippen LogP contribution in [0.2, 0.25) is 0 Å². The Bertz CT molecular complexity index is 452. The number of esters is 1. The number of ether oxygens (including phenoxy) is 1. The van der Waals surface area contributed by atoms with Gasteiger partial charge in [-0.25, -0.2) is 4.79 Å². The van der Waals surface area contributed by atoms with Gasteiger partial charge in [0.25, 0.3) is 0 Å². The monoisotopic (exact) mass is 230 g/mol. The number of rotatable bonds is 2. The highest BCUT2D eigenvalue weighted by atomic mass is 16.5. The van der Waals surface area contributed by atoms with Crippen LogP contribution < -0.4 is 0 Å². The fourth-order valence-corrected chi connectivity index (χ4v) is 2.93. The Hall–Kier alpha value is -1.64. The zero-order valence-electron chi connectivity index (χ0n) is 9.46. The van der Waals surface area contributed by atoms with Gasteiger partial charge < -0.3 is 4.74 Å². The van der Waals surface area contributed by atoms with E-state index in [2.05, 4.69) is 0 Å². The predicted molar refractivity (Wildman–Crippen MR) is 61.5 cm³/mol. The van der Waals surface area contributed by atoms with Crippen LogP contribution in [0, 0.1) is 11.8 Å². The minimum Gasteiger partial charge on any atom is -0.458 e. The van der Waals surface area contributed by atoms with Crippen LogP contribution in [0.15, 0.2) is 30.3 Å². The summed E-state index contributed by atoms with van der Waals surface area (Å²) in [5.74, 6) is 0.105. The van der Waals surface area contributed by atoms with Crippen molar-refractivity contribution in [2.24, 2.45) is 11.8 Å². The maximum absolute atomic E-state index is 11.9. The first-order valence-electron chi connectivity index (χ1n) is 6.05. The molecule has 3 unspecified atom stereocenters. The second-order valence-electron chi connectivity index (χ2n) is 4.83. The summed E-state index contributed by atoms with van der Waals surface area (Å²) in [4.78, 5) is 23.6. The smallest absolute Gasteiger partial charge is 0.338 e. The van der Waals surface area contributed by atoms with E-state index in [-0.39, 0.29) is 23.9 Å². The molecule has 0 amide bonds. The minimum absolute atomic E-state index is 0.0346. The third kappa shape index (κ3) is 1.75. The minimum atomic E-state index is -0.309. The molecule has 0 spiro atoms. The van der Waals surface area contributed by atoms with Gasteiger partial charge in [-0.3, -0.25) is 4.79 Å². The summed E-state index contributed by atoms with van der Waals surface area (Å²) in [5.41, 5.74) is 0.558. The summed E-state index contributed by atoms with van der Waals surface area (Å²) < 4.78 is 5.44. The zero-order chi connectivity index (χ0) is 11.8. The quantitative estimate of drug-likeness (QED) is 0.731. The third-order valence-corrected chi connectivity index (χ3v) is 3.83. The largest absolute Gasteiger partial charge is 0.458 e. The number of benzene rings is 1. The Morgan fingerprint density at radius 3 is 2.53 bits per heavy atom. The maximum Gasteiger partial charge on any atom is 0.338 e. The molecule has 1 aromatic carbocycles. The molecule has 0 heterocycles. The van der Waals surface area contributed by atoms with Gasteiger partial charge in [0.05, 0.1) is 11.5 Å². The van der Waals surface area contributed by atoms with Crippen molar-refractivity contribution in [3.05, 3.63) is 35.9 Å². The van der Waals surface area contributed by atoms with Gasteiger partial charge in [-0.2, -0.15) is 0 Å². The molecule has 3 rings (SSSR count). The van der Waals surface area contributed by atoms with Gasteiger partial charge in [-0.05, 0) is 31.4 Å². The van der Waals surface area contributed by atoms with Crippen LogP contribution in [0.5, 0.6) is 0 Å². The lowest BCUT2D eigenvalue weighted by Gasteiger charge is -2.20. The maximum atomic E-state index is 11.9. The molecule has 17 heavy (non-hydrogen) atoms. The molecule has 3 heteroatoms. The molecular formula is C14H14O3. The van der Waals surface area contributed by atoms with Crippen molar-refractivity contribution < 1.29 is 14.3 Å². The third-order valence-electron chi connectivity index (χ3n) is 3.83. The van der Waals surface area contributed by atoms with Crippen molar-refractivity contribution in [3.8, 4) is 0 Å². The average Bonchev–Trinajstić information content (AvgIpc) is 2.86. The number of carbonyl (C=O) groups is 2. The standard InChI is InChI=1S/C14H14O3/c15-13-10-6-7-11(13)12(8-10)17-14(16)9-4-2-1-3-5-9/h1-5,10-12H,6-8H2. The van der Waals surface area contributed by atoms with E-state index in [1.807, 2.05) is 18.2 Å². The van der Waals surface area contributed by atoms with Crippen molar-refractivity contribution in [2.75, 3.05) is 0 Å². The zero-order valence-corrected chi connectivity index (χ0v) is 9.46. The Morgan fingerprint density at radius 1 is 1.18 bits per heavy atom. The van der Waals surface area contributed by atoms with Gasteiger partial charge in [-0.15, -0.1) is 0 Å². The molecule has 3 nitrogen and oxygen atoms in total. The second-order valence-corrected chi connectivity index (χ2v) is 4.83. The van der Waals surface area contributed by atoms with Crippen molar-refractivity contribution in [2.45, 2.75) is 25.4 Å². The van der Waals surface area contributed by atoms with Gasteiger partial charge in [-0.1, -0.05) is 18.2 Å². The molecule has 2 bridgehead atoms. The van der Waals surface area contributed by atoms with E-state index in [4.69, 9.17) is 4.74 Å². The lowest BCUT2D eigenvalue weighted by molar-refractivity contribution is -0.122. The molecule has 0 aliphatic heterocycles. The van der Waals surface area contributed by atoms with Gasteiger partial charge in [0.15, 0.2) is 0 Å². The summed E-state index contributed by atoms with van der Waals surface area (Å²) in [6, 6.07) is 8.94. The molecule has 0 radical (unpaired) electrons. The van der Waals surface area contributed by atoms with Crippen LogP contribution in [-0.2, 0) is 9.53 Å². The van der Waals surface area contributed by atoms with Gasteiger partial charge in [0, 0.05) is 5.92 Å². The van der Waals surface area contributed by atoms with Crippen LogP contribution in [-0.4, -0.2) is 17.9 Å². The van der Waals surface area contributed by atoms with E-state index in [0.717, 1.165) is 19.3 Å². The molecule has 88 valence electrons. The topological polar surface area (TPSA) is 43.4 Å². The highest BCUT2D eigenvalue weighted by Gasteiger charge is 2.49. The summed E-state index contributed by atoms with van der Waals surface area (Å²) in [6.07, 6.45) is 2.40. The summed E-state index contributed by atoms with van der Waals surface area (Å²) in [6.45, 7) is 0. The van der Waals surface area contributed by atoms with E-state index in [0.29, 0.717) is 11.3 Å². The fraction of sp³-hybridized carbons (Fsp3) is 0.429. The van der Waals surface area contributed by atoms with Gasteiger partial charge in [0.1, 0.15) is 11.9 Å². The van der Waals surface area contributed by atoms with Crippen molar-refractivity contribution in [1.82, 2.24) is 0 Å². The van der Waals surface area contributed by atoms with E-state index >= 15 is 0 Å². The highest BCUT2D eigenvalue weighted by molar-refractivity contribution is 5.91. The first kappa shape index (κ1) is 10.5. The molecule has 1 aromatic rings. The van der Waals surface area contributed by atoms with E-state index in [9.17, 15) is 9.59 Å². The number of carbonyl (C=O) groups excluding carboxylic acids is 2. The summed E-state index contributed by atoms with van der Waals surface area (Å²) in [7, 11) is 0. The molecule has 2 saturated carbocycles. The Morgan fingerprint density at radius 2 is 1.94 bits per heavy atom. The molecule has 0 saturated heterocycles. The molecule has 3 atom stereocenters. The Kier molecular flexibility index (Phi) is 2.46. The first-order chi connectivity index (χ1) is 8.25. The Labute approximate surface area is 99.8 Å². The van der Waals surface area contributed by atoms with Gasteiger partial charge >= 0.3 is 5.97 Å². The van der Waals surface area contributed by atoms with Crippen LogP contribution in [0.25, 0.3) is 0 Å².